The van der Waals surface area contributed by atoms with Gasteiger partial charge in [-0.05, 0) is 49.1 Å². The second kappa shape index (κ2) is 3.27. The van der Waals surface area contributed by atoms with Gasteiger partial charge in [-0.15, -0.1) is 0 Å². The highest BCUT2D eigenvalue weighted by atomic mass is 16.5. The fraction of sp³-hybridized carbons (Fsp3) is 0.429. The molecule has 16 heavy (non-hydrogen) atoms. The average Bonchev–Trinajstić information content (AvgIpc) is 2.97. The standard InChI is InChI=1S/C14H16O2/c1-2-3-10-8-12(15)11-4-5-14(6-7-14)16-13(11)9-10/h4-5,8-9,15H,2-3,6-7H2,1H3. The van der Waals surface area contributed by atoms with Crippen LogP contribution in [0.25, 0.3) is 6.08 Å². The number of rotatable bonds is 2. The predicted octanol–water partition coefficient (Wildman–Crippen LogP) is 3.28. The molecule has 0 bridgehead atoms. The van der Waals surface area contributed by atoms with Crippen molar-refractivity contribution < 1.29 is 9.84 Å². The topological polar surface area (TPSA) is 29.5 Å². The summed E-state index contributed by atoms with van der Waals surface area (Å²) in [7, 11) is 0. The summed E-state index contributed by atoms with van der Waals surface area (Å²) >= 11 is 0. The molecule has 1 spiro atoms. The molecule has 1 N–H and O–H groups in total. The number of phenolic OH excluding ortho intramolecular Hbond substituents is 1. The van der Waals surface area contributed by atoms with Crippen molar-refractivity contribution in [1.29, 1.82) is 0 Å². The van der Waals surface area contributed by atoms with Crippen LogP contribution in [0.15, 0.2) is 18.2 Å². The summed E-state index contributed by atoms with van der Waals surface area (Å²) in [4.78, 5) is 0. The molecule has 0 aromatic heterocycles. The minimum atomic E-state index is -0.0374. The molecule has 1 saturated carbocycles. The molecular formula is C14H16O2. The van der Waals surface area contributed by atoms with Crippen LogP contribution < -0.4 is 4.74 Å². The first-order chi connectivity index (χ1) is 7.72. The van der Waals surface area contributed by atoms with Crippen LogP contribution in [-0.4, -0.2) is 10.7 Å². The van der Waals surface area contributed by atoms with Crippen molar-refractivity contribution in [2.24, 2.45) is 0 Å². The number of fused-ring (bicyclic) bond motifs is 1. The van der Waals surface area contributed by atoms with E-state index >= 15 is 0 Å². The third-order valence-electron chi connectivity index (χ3n) is 3.33. The zero-order valence-corrected chi connectivity index (χ0v) is 9.49. The van der Waals surface area contributed by atoms with Crippen LogP contribution in [0, 0.1) is 0 Å². The Morgan fingerprint density at radius 2 is 2.19 bits per heavy atom. The first kappa shape index (κ1) is 9.76. The van der Waals surface area contributed by atoms with E-state index in [9.17, 15) is 5.11 Å². The van der Waals surface area contributed by atoms with E-state index in [0.29, 0.717) is 5.75 Å². The molecule has 1 aliphatic carbocycles. The maximum absolute atomic E-state index is 9.92. The molecule has 2 heteroatoms. The Bertz CT molecular complexity index is 456. The Morgan fingerprint density at radius 3 is 2.88 bits per heavy atom. The normalized spacial score (nSPS) is 19.3. The Morgan fingerprint density at radius 1 is 1.38 bits per heavy atom. The van der Waals surface area contributed by atoms with Gasteiger partial charge < -0.3 is 9.84 Å². The molecule has 0 saturated heterocycles. The predicted molar refractivity (Wildman–Crippen MR) is 63.7 cm³/mol. The SMILES string of the molecule is CCCc1cc(O)c2c(c1)OC1(C=C2)CC1. The van der Waals surface area contributed by atoms with Crippen molar-refractivity contribution in [2.45, 2.75) is 38.2 Å². The summed E-state index contributed by atoms with van der Waals surface area (Å²) < 4.78 is 5.95. The monoisotopic (exact) mass is 216 g/mol. The summed E-state index contributed by atoms with van der Waals surface area (Å²) in [5.74, 6) is 1.19. The number of ether oxygens (including phenoxy) is 1. The maximum atomic E-state index is 9.92. The summed E-state index contributed by atoms with van der Waals surface area (Å²) in [6.45, 7) is 2.14. The molecule has 1 aromatic rings. The van der Waals surface area contributed by atoms with Crippen molar-refractivity contribution >= 4 is 6.08 Å². The van der Waals surface area contributed by atoms with Crippen molar-refractivity contribution in [3.8, 4) is 11.5 Å². The van der Waals surface area contributed by atoms with E-state index in [1.807, 2.05) is 12.1 Å². The highest BCUT2D eigenvalue weighted by Gasteiger charge is 2.45. The summed E-state index contributed by atoms with van der Waals surface area (Å²) in [5, 5.41) is 9.92. The van der Waals surface area contributed by atoms with Crippen molar-refractivity contribution in [1.82, 2.24) is 0 Å². The van der Waals surface area contributed by atoms with E-state index in [1.54, 1.807) is 0 Å². The lowest BCUT2D eigenvalue weighted by Gasteiger charge is -2.22. The van der Waals surface area contributed by atoms with Crippen LogP contribution in [0.5, 0.6) is 11.5 Å². The van der Waals surface area contributed by atoms with Gasteiger partial charge in [0.25, 0.3) is 0 Å². The molecular weight excluding hydrogens is 200 g/mol. The minimum absolute atomic E-state index is 0.0374. The highest BCUT2D eigenvalue weighted by molar-refractivity contribution is 5.68. The van der Waals surface area contributed by atoms with Crippen LogP contribution in [0.1, 0.15) is 37.3 Å². The third-order valence-corrected chi connectivity index (χ3v) is 3.33. The Balaban J connectivity index is 2.02. The first-order valence-corrected chi connectivity index (χ1v) is 5.97. The molecule has 2 aliphatic rings. The molecule has 84 valence electrons. The maximum Gasteiger partial charge on any atom is 0.131 e. The van der Waals surface area contributed by atoms with Gasteiger partial charge in [0.1, 0.15) is 17.1 Å². The van der Waals surface area contributed by atoms with Gasteiger partial charge >= 0.3 is 0 Å². The van der Waals surface area contributed by atoms with E-state index in [4.69, 9.17) is 4.74 Å². The van der Waals surface area contributed by atoms with Gasteiger partial charge in [-0.25, -0.2) is 0 Å². The third kappa shape index (κ3) is 1.49. The van der Waals surface area contributed by atoms with Gasteiger partial charge in [0.15, 0.2) is 0 Å². The van der Waals surface area contributed by atoms with E-state index in [0.717, 1.165) is 42.6 Å². The lowest BCUT2D eigenvalue weighted by atomic mass is 10.0. The molecule has 3 rings (SSSR count). The fourth-order valence-electron chi connectivity index (χ4n) is 2.23. The van der Waals surface area contributed by atoms with Gasteiger partial charge in [0, 0.05) is 0 Å². The summed E-state index contributed by atoms with van der Waals surface area (Å²) in [6.07, 6.45) is 8.34. The van der Waals surface area contributed by atoms with Crippen LogP contribution in [-0.2, 0) is 6.42 Å². The van der Waals surface area contributed by atoms with Crippen molar-refractivity contribution in [3.05, 3.63) is 29.3 Å². The second-order valence-corrected chi connectivity index (χ2v) is 4.78. The number of phenols is 1. The van der Waals surface area contributed by atoms with Gasteiger partial charge in [-0.3, -0.25) is 0 Å². The van der Waals surface area contributed by atoms with Crippen LogP contribution in [0.4, 0.5) is 0 Å². The van der Waals surface area contributed by atoms with Crippen molar-refractivity contribution in [3.63, 3.8) is 0 Å². The Kier molecular flexibility index (Phi) is 2.00. The first-order valence-electron chi connectivity index (χ1n) is 5.97. The number of benzene rings is 1. The van der Waals surface area contributed by atoms with Gasteiger partial charge in [0.05, 0.1) is 5.56 Å². The van der Waals surface area contributed by atoms with E-state index < -0.39 is 0 Å². The molecule has 1 aromatic carbocycles. The van der Waals surface area contributed by atoms with Crippen LogP contribution in [0.3, 0.4) is 0 Å². The van der Waals surface area contributed by atoms with Crippen molar-refractivity contribution in [2.75, 3.05) is 0 Å². The Hall–Kier alpha value is -1.44. The lowest BCUT2D eigenvalue weighted by Crippen LogP contribution is -2.18. The largest absolute Gasteiger partial charge is 0.507 e. The fourth-order valence-corrected chi connectivity index (χ4v) is 2.23. The molecule has 1 aliphatic heterocycles. The number of aryl methyl sites for hydroxylation is 1. The number of hydrogen-bond donors (Lipinski definition) is 1. The zero-order chi connectivity index (χ0) is 11.2. The summed E-state index contributed by atoms with van der Waals surface area (Å²) in [5.41, 5.74) is 1.95. The minimum Gasteiger partial charge on any atom is -0.507 e. The molecule has 1 fully saturated rings. The lowest BCUT2D eigenvalue weighted by molar-refractivity contribution is 0.225. The van der Waals surface area contributed by atoms with Crippen LogP contribution >= 0.6 is 0 Å². The average molecular weight is 216 g/mol. The van der Waals surface area contributed by atoms with Crippen LogP contribution in [0.2, 0.25) is 0 Å². The zero-order valence-electron chi connectivity index (χ0n) is 9.49. The molecule has 0 unspecified atom stereocenters. The molecule has 1 heterocycles. The number of hydrogen-bond acceptors (Lipinski definition) is 2. The Labute approximate surface area is 95.6 Å². The molecule has 0 radical (unpaired) electrons. The second-order valence-electron chi connectivity index (χ2n) is 4.78. The van der Waals surface area contributed by atoms with E-state index in [2.05, 4.69) is 19.1 Å². The molecule has 2 nitrogen and oxygen atoms in total. The van der Waals surface area contributed by atoms with E-state index in [1.165, 1.54) is 0 Å². The molecule has 0 amide bonds. The summed E-state index contributed by atoms with van der Waals surface area (Å²) in [6, 6.07) is 3.92. The smallest absolute Gasteiger partial charge is 0.131 e. The quantitative estimate of drug-likeness (QED) is 0.822. The number of aromatic hydroxyl groups is 1. The van der Waals surface area contributed by atoms with Gasteiger partial charge in [0.2, 0.25) is 0 Å². The highest BCUT2D eigenvalue weighted by Crippen LogP contribution is 2.48. The van der Waals surface area contributed by atoms with Gasteiger partial charge in [-0.2, -0.15) is 0 Å². The van der Waals surface area contributed by atoms with Gasteiger partial charge in [-0.1, -0.05) is 13.3 Å². The molecule has 0 atom stereocenters. The van der Waals surface area contributed by atoms with E-state index in [-0.39, 0.29) is 5.60 Å².